The van der Waals surface area contributed by atoms with Crippen LogP contribution in [0.1, 0.15) is 45.6 Å². The van der Waals surface area contributed by atoms with Crippen molar-refractivity contribution in [3.63, 3.8) is 0 Å². The standard InChI is InChI=1S/C20H26O3/c1-5-7-8-9-10-15-23-20(21)19(16(3)4)17-11-13-18(14-12-17)22-6-2/h5,7,11-14,16,19H,6,8,15H2,1-4H3. The second-order valence-corrected chi connectivity index (χ2v) is 5.46. The molecule has 0 saturated carbocycles. The average molecular weight is 314 g/mol. The van der Waals surface area contributed by atoms with E-state index in [0.29, 0.717) is 13.0 Å². The van der Waals surface area contributed by atoms with Crippen molar-refractivity contribution in [3.05, 3.63) is 42.0 Å². The third-order valence-electron chi connectivity index (χ3n) is 3.34. The molecule has 23 heavy (non-hydrogen) atoms. The zero-order valence-corrected chi connectivity index (χ0v) is 14.5. The predicted octanol–water partition coefficient (Wildman–Crippen LogP) is 4.34. The molecule has 124 valence electrons. The fourth-order valence-corrected chi connectivity index (χ4v) is 2.23. The summed E-state index contributed by atoms with van der Waals surface area (Å²) >= 11 is 0. The molecule has 0 fully saturated rings. The van der Waals surface area contributed by atoms with Crippen LogP contribution < -0.4 is 4.74 Å². The van der Waals surface area contributed by atoms with Crippen LogP contribution in [0.2, 0.25) is 0 Å². The first kappa shape index (κ1) is 18.8. The normalized spacial score (nSPS) is 11.9. The number of esters is 1. The van der Waals surface area contributed by atoms with Gasteiger partial charge in [0, 0.05) is 6.42 Å². The summed E-state index contributed by atoms with van der Waals surface area (Å²) in [7, 11) is 0. The Morgan fingerprint density at radius 1 is 1.22 bits per heavy atom. The lowest BCUT2D eigenvalue weighted by Gasteiger charge is -2.19. The van der Waals surface area contributed by atoms with Crippen LogP contribution in [-0.2, 0) is 9.53 Å². The van der Waals surface area contributed by atoms with Crippen LogP contribution in [0.3, 0.4) is 0 Å². The van der Waals surface area contributed by atoms with Crippen LogP contribution in [0, 0.1) is 17.8 Å². The lowest BCUT2D eigenvalue weighted by Crippen LogP contribution is -2.21. The summed E-state index contributed by atoms with van der Waals surface area (Å²) in [5.41, 5.74) is 0.940. The molecule has 0 aromatic heterocycles. The highest BCUT2D eigenvalue weighted by Crippen LogP contribution is 2.27. The van der Waals surface area contributed by atoms with Gasteiger partial charge < -0.3 is 9.47 Å². The zero-order valence-electron chi connectivity index (χ0n) is 14.5. The van der Waals surface area contributed by atoms with Gasteiger partial charge in [-0.3, -0.25) is 4.79 Å². The van der Waals surface area contributed by atoms with Crippen LogP contribution in [0.25, 0.3) is 0 Å². The van der Waals surface area contributed by atoms with E-state index in [0.717, 1.165) is 11.3 Å². The Bertz CT molecular complexity index is 559. The molecule has 0 spiro atoms. The minimum atomic E-state index is -0.289. The predicted molar refractivity (Wildman–Crippen MR) is 93.4 cm³/mol. The van der Waals surface area contributed by atoms with Crippen molar-refractivity contribution in [1.82, 2.24) is 0 Å². The SMILES string of the molecule is CC=CCC#CCOC(=O)C(c1ccc(OCC)cc1)C(C)C. The molecule has 0 heterocycles. The fraction of sp³-hybridized carbons (Fsp3) is 0.450. The van der Waals surface area contributed by atoms with E-state index in [1.165, 1.54) is 0 Å². The lowest BCUT2D eigenvalue weighted by atomic mass is 9.88. The molecule has 0 aliphatic heterocycles. The van der Waals surface area contributed by atoms with E-state index in [-0.39, 0.29) is 24.4 Å². The van der Waals surface area contributed by atoms with Gasteiger partial charge in [0.2, 0.25) is 0 Å². The molecular weight excluding hydrogens is 288 g/mol. The number of ether oxygens (including phenoxy) is 2. The van der Waals surface area contributed by atoms with E-state index in [2.05, 4.69) is 11.8 Å². The molecule has 1 aromatic rings. The van der Waals surface area contributed by atoms with Gasteiger partial charge in [-0.05, 0) is 37.5 Å². The summed E-state index contributed by atoms with van der Waals surface area (Å²) in [5, 5.41) is 0. The van der Waals surface area contributed by atoms with Gasteiger partial charge >= 0.3 is 5.97 Å². The lowest BCUT2D eigenvalue weighted by molar-refractivity contribution is -0.145. The minimum absolute atomic E-state index is 0.136. The second kappa shape index (κ2) is 10.5. The third kappa shape index (κ3) is 6.61. The van der Waals surface area contributed by atoms with E-state index < -0.39 is 0 Å². The molecule has 0 amide bonds. The molecule has 0 saturated heterocycles. The second-order valence-electron chi connectivity index (χ2n) is 5.46. The first-order valence-electron chi connectivity index (χ1n) is 8.06. The number of carbonyl (C=O) groups excluding carboxylic acids is 1. The summed E-state index contributed by atoms with van der Waals surface area (Å²) in [6.07, 6.45) is 4.59. The first-order valence-corrected chi connectivity index (χ1v) is 8.06. The molecule has 1 aromatic carbocycles. The molecule has 1 unspecified atom stereocenters. The topological polar surface area (TPSA) is 35.5 Å². The quantitative estimate of drug-likeness (QED) is 0.427. The molecule has 3 heteroatoms. The van der Waals surface area contributed by atoms with Crippen LogP contribution in [0.5, 0.6) is 5.75 Å². The van der Waals surface area contributed by atoms with Crippen molar-refractivity contribution >= 4 is 5.97 Å². The van der Waals surface area contributed by atoms with E-state index in [1.807, 2.05) is 64.1 Å². The van der Waals surface area contributed by atoms with E-state index in [9.17, 15) is 4.79 Å². The molecule has 1 atom stereocenters. The number of hydrogen-bond donors (Lipinski definition) is 0. The number of rotatable bonds is 7. The summed E-state index contributed by atoms with van der Waals surface area (Å²) in [4.78, 5) is 12.3. The van der Waals surface area contributed by atoms with Crippen LogP contribution >= 0.6 is 0 Å². The van der Waals surface area contributed by atoms with E-state index >= 15 is 0 Å². The van der Waals surface area contributed by atoms with Crippen LogP contribution in [-0.4, -0.2) is 19.2 Å². The van der Waals surface area contributed by atoms with Gasteiger partial charge in [-0.1, -0.05) is 50.0 Å². The van der Waals surface area contributed by atoms with Crippen molar-refractivity contribution in [1.29, 1.82) is 0 Å². The number of carbonyl (C=O) groups is 1. The molecule has 0 aliphatic carbocycles. The molecule has 3 nitrogen and oxygen atoms in total. The van der Waals surface area contributed by atoms with Crippen molar-refractivity contribution in [2.75, 3.05) is 13.2 Å². The number of allylic oxidation sites excluding steroid dienone is 2. The van der Waals surface area contributed by atoms with E-state index in [4.69, 9.17) is 9.47 Å². The molecular formula is C20H26O3. The van der Waals surface area contributed by atoms with Crippen molar-refractivity contribution in [2.45, 2.75) is 40.0 Å². The number of hydrogen-bond acceptors (Lipinski definition) is 3. The Kier molecular flexibility index (Phi) is 8.60. The average Bonchev–Trinajstić information content (AvgIpc) is 2.52. The van der Waals surface area contributed by atoms with Gasteiger partial charge in [-0.25, -0.2) is 0 Å². The molecule has 1 rings (SSSR count). The summed E-state index contributed by atoms with van der Waals surface area (Å²) < 4.78 is 10.7. The highest BCUT2D eigenvalue weighted by molar-refractivity contribution is 5.78. The monoisotopic (exact) mass is 314 g/mol. The molecule has 0 radical (unpaired) electrons. The molecule has 0 bridgehead atoms. The first-order chi connectivity index (χ1) is 11.1. The minimum Gasteiger partial charge on any atom is -0.494 e. The Morgan fingerprint density at radius 2 is 1.91 bits per heavy atom. The van der Waals surface area contributed by atoms with Gasteiger partial charge in [0.05, 0.1) is 12.5 Å². The third-order valence-corrected chi connectivity index (χ3v) is 3.34. The van der Waals surface area contributed by atoms with E-state index in [1.54, 1.807) is 0 Å². The highest BCUT2D eigenvalue weighted by Gasteiger charge is 2.25. The zero-order chi connectivity index (χ0) is 17.1. The maximum atomic E-state index is 12.3. The Hall–Kier alpha value is -2.21. The van der Waals surface area contributed by atoms with Crippen molar-refractivity contribution < 1.29 is 14.3 Å². The maximum absolute atomic E-state index is 12.3. The largest absolute Gasteiger partial charge is 0.494 e. The Labute approximate surface area is 139 Å². The molecule has 0 aliphatic rings. The van der Waals surface area contributed by atoms with Gasteiger partial charge in [0.15, 0.2) is 6.61 Å². The van der Waals surface area contributed by atoms with Gasteiger partial charge in [0.25, 0.3) is 0 Å². The summed E-state index contributed by atoms with van der Waals surface area (Å²) in [6.45, 7) is 8.68. The number of benzene rings is 1. The van der Waals surface area contributed by atoms with Gasteiger partial charge in [-0.2, -0.15) is 0 Å². The van der Waals surface area contributed by atoms with Crippen molar-refractivity contribution in [2.24, 2.45) is 5.92 Å². The van der Waals surface area contributed by atoms with Crippen LogP contribution in [0.15, 0.2) is 36.4 Å². The van der Waals surface area contributed by atoms with Crippen LogP contribution in [0.4, 0.5) is 0 Å². The van der Waals surface area contributed by atoms with Gasteiger partial charge in [-0.15, -0.1) is 0 Å². The Balaban J connectivity index is 2.69. The summed E-state index contributed by atoms with van der Waals surface area (Å²) in [5.74, 6) is 6.23. The summed E-state index contributed by atoms with van der Waals surface area (Å²) in [6, 6.07) is 7.63. The highest BCUT2D eigenvalue weighted by atomic mass is 16.5. The maximum Gasteiger partial charge on any atom is 0.314 e. The smallest absolute Gasteiger partial charge is 0.314 e. The Morgan fingerprint density at radius 3 is 2.48 bits per heavy atom. The van der Waals surface area contributed by atoms with Crippen molar-refractivity contribution in [3.8, 4) is 17.6 Å². The van der Waals surface area contributed by atoms with Gasteiger partial charge in [0.1, 0.15) is 5.75 Å². The fourth-order valence-electron chi connectivity index (χ4n) is 2.23. The molecule has 0 N–H and O–H groups in total.